The zero-order valence-corrected chi connectivity index (χ0v) is 13.0. The van der Waals surface area contributed by atoms with Crippen molar-refractivity contribution < 1.29 is 8.42 Å². The Kier molecular flexibility index (Phi) is 4.28. The van der Waals surface area contributed by atoms with Gasteiger partial charge in [-0.1, -0.05) is 11.6 Å². The highest BCUT2D eigenvalue weighted by atomic mass is 79.9. The zero-order valence-electron chi connectivity index (χ0n) is 9.84. The van der Waals surface area contributed by atoms with Gasteiger partial charge in [-0.2, -0.15) is 5.26 Å². The van der Waals surface area contributed by atoms with Gasteiger partial charge >= 0.3 is 0 Å². The Morgan fingerprint density at radius 1 is 1.35 bits per heavy atom. The van der Waals surface area contributed by atoms with Gasteiger partial charge in [0.2, 0.25) is 0 Å². The second-order valence-corrected chi connectivity index (χ2v) is 6.63. The third kappa shape index (κ3) is 3.10. The predicted molar refractivity (Wildman–Crippen MR) is 78.9 cm³/mol. The summed E-state index contributed by atoms with van der Waals surface area (Å²) in [5.41, 5.74) is 0.725. The Balaban J connectivity index is 2.40. The van der Waals surface area contributed by atoms with E-state index in [1.807, 2.05) is 6.07 Å². The van der Waals surface area contributed by atoms with Crippen LogP contribution in [-0.4, -0.2) is 13.4 Å². The molecule has 102 valence electrons. The maximum Gasteiger partial charge on any atom is 0.264 e. The highest BCUT2D eigenvalue weighted by Crippen LogP contribution is 2.27. The van der Waals surface area contributed by atoms with Crippen LogP contribution >= 0.6 is 27.5 Å². The molecule has 0 amide bonds. The maximum atomic E-state index is 12.2. The molecule has 0 aliphatic rings. The van der Waals surface area contributed by atoms with Gasteiger partial charge in [-0.05, 0) is 40.2 Å². The molecule has 2 aromatic rings. The van der Waals surface area contributed by atoms with Crippen LogP contribution in [0.5, 0.6) is 0 Å². The summed E-state index contributed by atoms with van der Waals surface area (Å²) in [6.07, 6.45) is 2.57. The quantitative estimate of drug-likeness (QED) is 0.897. The second kappa shape index (κ2) is 5.79. The number of nitrogens with zero attached hydrogens (tertiary/aromatic N) is 2. The molecule has 0 aliphatic carbocycles. The highest BCUT2D eigenvalue weighted by Gasteiger charge is 2.19. The molecule has 2 rings (SSSR count). The summed E-state index contributed by atoms with van der Waals surface area (Å²) >= 11 is 9.05. The summed E-state index contributed by atoms with van der Waals surface area (Å²) in [5.74, 6) is 0. The lowest BCUT2D eigenvalue weighted by Crippen LogP contribution is -2.14. The number of pyridine rings is 1. The molecule has 5 nitrogen and oxygen atoms in total. The molecule has 1 N–H and O–H groups in total. The number of sulfonamides is 1. The molecule has 0 unspecified atom stereocenters. The number of benzene rings is 1. The Morgan fingerprint density at radius 3 is 2.70 bits per heavy atom. The van der Waals surface area contributed by atoms with Crippen molar-refractivity contribution >= 4 is 43.2 Å². The minimum Gasteiger partial charge on any atom is -0.278 e. The molecule has 0 saturated carbocycles. The molecule has 1 aromatic heterocycles. The van der Waals surface area contributed by atoms with Crippen molar-refractivity contribution in [2.45, 2.75) is 4.90 Å². The summed E-state index contributed by atoms with van der Waals surface area (Å²) in [7, 11) is -3.84. The average Bonchev–Trinajstić information content (AvgIpc) is 2.41. The van der Waals surface area contributed by atoms with E-state index in [0.717, 1.165) is 0 Å². The average molecular weight is 373 g/mol. The first-order valence-electron chi connectivity index (χ1n) is 5.26. The van der Waals surface area contributed by atoms with Crippen molar-refractivity contribution in [3.63, 3.8) is 0 Å². The van der Waals surface area contributed by atoms with Crippen LogP contribution in [-0.2, 0) is 10.0 Å². The number of nitrogens with one attached hydrogen (secondary N) is 1. The number of nitriles is 1. The third-order valence-electron chi connectivity index (χ3n) is 2.37. The van der Waals surface area contributed by atoms with E-state index in [9.17, 15) is 8.42 Å². The van der Waals surface area contributed by atoms with Crippen LogP contribution in [0.4, 0.5) is 5.69 Å². The van der Waals surface area contributed by atoms with Crippen LogP contribution in [0.2, 0.25) is 5.02 Å². The number of rotatable bonds is 3. The van der Waals surface area contributed by atoms with Crippen LogP contribution in [0, 0.1) is 11.3 Å². The third-order valence-corrected chi connectivity index (χ3v) is 4.86. The standard InChI is InChI=1S/C12H7BrClN3O2S/c13-9-5-8(6-15)1-2-11(9)17-20(18,19)12-7-16-4-3-10(12)14/h1-5,7,17H. The lowest BCUT2D eigenvalue weighted by Gasteiger charge is -2.10. The minimum atomic E-state index is -3.84. The molecule has 0 radical (unpaired) electrons. The molecule has 0 spiro atoms. The monoisotopic (exact) mass is 371 g/mol. The highest BCUT2D eigenvalue weighted by molar-refractivity contribution is 9.10. The van der Waals surface area contributed by atoms with Gasteiger partial charge in [-0.25, -0.2) is 8.42 Å². The van der Waals surface area contributed by atoms with Gasteiger partial charge in [0.25, 0.3) is 10.0 Å². The molecule has 1 aromatic carbocycles. The number of hydrogen-bond donors (Lipinski definition) is 1. The van der Waals surface area contributed by atoms with Gasteiger partial charge in [0, 0.05) is 16.9 Å². The Morgan fingerprint density at radius 2 is 2.10 bits per heavy atom. The first-order chi connectivity index (χ1) is 9.44. The van der Waals surface area contributed by atoms with Gasteiger partial charge in [-0.15, -0.1) is 0 Å². The topological polar surface area (TPSA) is 82.9 Å². The molecule has 0 fully saturated rings. The molecular formula is C12H7BrClN3O2S. The molecule has 1 heterocycles. The van der Waals surface area contributed by atoms with Crippen molar-refractivity contribution in [3.05, 3.63) is 51.7 Å². The van der Waals surface area contributed by atoms with Crippen molar-refractivity contribution in [2.75, 3.05) is 4.72 Å². The molecule has 0 aliphatic heterocycles. The van der Waals surface area contributed by atoms with Crippen molar-refractivity contribution in [2.24, 2.45) is 0 Å². The van der Waals surface area contributed by atoms with E-state index in [1.54, 1.807) is 0 Å². The number of anilines is 1. The SMILES string of the molecule is N#Cc1ccc(NS(=O)(=O)c2cnccc2Cl)c(Br)c1. The zero-order chi connectivity index (χ0) is 14.8. The molecule has 8 heteroatoms. The molecule has 20 heavy (non-hydrogen) atoms. The molecule has 0 atom stereocenters. The maximum absolute atomic E-state index is 12.2. The van der Waals surface area contributed by atoms with E-state index >= 15 is 0 Å². The van der Waals surface area contributed by atoms with E-state index < -0.39 is 10.0 Å². The van der Waals surface area contributed by atoms with E-state index in [2.05, 4.69) is 25.6 Å². The van der Waals surface area contributed by atoms with Crippen LogP contribution in [0.15, 0.2) is 46.0 Å². The van der Waals surface area contributed by atoms with Crippen molar-refractivity contribution in [1.29, 1.82) is 5.26 Å². The largest absolute Gasteiger partial charge is 0.278 e. The van der Waals surface area contributed by atoms with Gasteiger partial charge in [0.15, 0.2) is 0 Å². The molecule has 0 saturated heterocycles. The van der Waals surface area contributed by atoms with Crippen molar-refractivity contribution in [1.82, 2.24) is 4.98 Å². The Labute approximate surface area is 129 Å². The van der Waals surface area contributed by atoms with E-state index in [1.165, 1.54) is 36.7 Å². The normalized spacial score (nSPS) is 10.8. The van der Waals surface area contributed by atoms with Crippen LogP contribution < -0.4 is 4.72 Å². The van der Waals surface area contributed by atoms with Gasteiger partial charge in [0.1, 0.15) is 4.90 Å². The minimum absolute atomic E-state index is 0.0808. The Bertz CT molecular complexity index is 803. The number of aromatic nitrogens is 1. The fourth-order valence-corrected chi connectivity index (χ4v) is 3.55. The predicted octanol–water partition coefficient (Wildman–Crippen LogP) is 3.17. The smallest absolute Gasteiger partial charge is 0.264 e. The van der Waals surface area contributed by atoms with Gasteiger partial charge < -0.3 is 0 Å². The summed E-state index contributed by atoms with van der Waals surface area (Å²) in [6, 6.07) is 7.87. The summed E-state index contributed by atoms with van der Waals surface area (Å²) < 4.78 is 27.3. The first-order valence-corrected chi connectivity index (χ1v) is 7.91. The second-order valence-electron chi connectivity index (χ2n) is 3.72. The van der Waals surface area contributed by atoms with Crippen LogP contribution in [0.3, 0.4) is 0 Å². The van der Waals surface area contributed by atoms with Crippen molar-refractivity contribution in [3.8, 4) is 6.07 Å². The summed E-state index contributed by atoms with van der Waals surface area (Å²) in [5, 5.41) is 8.85. The van der Waals surface area contributed by atoms with E-state index in [0.29, 0.717) is 15.7 Å². The number of halogens is 2. The summed E-state index contributed by atoms with van der Waals surface area (Å²) in [4.78, 5) is 3.63. The lowest BCUT2D eigenvalue weighted by molar-refractivity contribution is 0.601. The number of hydrogen-bond acceptors (Lipinski definition) is 4. The van der Waals surface area contributed by atoms with E-state index in [4.69, 9.17) is 16.9 Å². The summed E-state index contributed by atoms with van der Waals surface area (Å²) in [6.45, 7) is 0. The molecule has 0 bridgehead atoms. The van der Waals surface area contributed by atoms with E-state index in [-0.39, 0.29) is 9.92 Å². The lowest BCUT2D eigenvalue weighted by atomic mass is 10.2. The first kappa shape index (κ1) is 14.8. The Hall–Kier alpha value is -1.62. The van der Waals surface area contributed by atoms with Gasteiger partial charge in [-0.3, -0.25) is 9.71 Å². The fraction of sp³-hybridized carbons (Fsp3) is 0. The van der Waals surface area contributed by atoms with Crippen LogP contribution in [0.25, 0.3) is 0 Å². The van der Waals surface area contributed by atoms with Crippen LogP contribution in [0.1, 0.15) is 5.56 Å². The van der Waals surface area contributed by atoms with Gasteiger partial charge in [0.05, 0.1) is 22.3 Å². The fourth-order valence-electron chi connectivity index (χ4n) is 1.43. The molecular weight excluding hydrogens is 366 g/mol.